The highest BCUT2D eigenvalue weighted by molar-refractivity contribution is 5.19. The Morgan fingerprint density at radius 2 is 1.85 bits per heavy atom. The van der Waals surface area contributed by atoms with E-state index in [9.17, 15) is 13.9 Å². The SMILES string of the molecule is CC(C)(O)Cc1ccc(F)c(F)c1. The van der Waals surface area contributed by atoms with E-state index in [1.165, 1.54) is 6.07 Å². The van der Waals surface area contributed by atoms with E-state index in [1.807, 2.05) is 0 Å². The zero-order valence-electron chi connectivity index (χ0n) is 7.64. The van der Waals surface area contributed by atoms with Crippen LogP contribution in [-0.2, 0) is 6.42 Å². The van der Waals surface area contributed by atoms with Crippen LogP contribution >= 0.6 is 0 Å². The summed E-state index contributed by atoms with van der Waals surface area (Å²) < 4.78 is 25.2. The highest BCUT2D eigenvalue weighted by atomic mass is 19.2. The van der Waals surface area contributed by atoms with Crippen LogP contribution in [0.3, 0.4) is 0 Å². The summed E-state index contributed by atoms with van der Waals surface area (Å²) in [7, 11) is 0. The first-order valence-electron chi connectivity index (χ1n) is 4.05. The second-order valence-corrected chi connectivity index (χ2v) is 3.74. The first kappa shape index (κ1) is 10.1. The molecule has 0 aliphatic carbocycles. The lowest BCUT2D eigenvalue weighted by Crippen LogP contribution is -2.21. The van der Waals surface area contributed by atoms with Gasteiger partial charge in [-0.25, -0.2) is 8.78 Å². The fraction of sp³-hybridized carbons (Fsp3) is 0.400. The Hall–Kier alpha value is -0.960. The van der Waals surface area contributed by atoms with Crippen molar-refractivity contribution in [1.29, 1.82) is 0 Å². The minimum absolute atomic E-state index is 0.310. The van der Waals surface area contributed by atoms with Crippen molar-refractivity contribution in [2.75, 3.05) is 0 Å². The van der Waals surface area contributed by atoms with Gasteiger partial charge in [-0.2, -0.15) is 0 Å². The Labute approximate surface area is 76.0 Å². The maximum absolute atomic E-state index is 12.7. The Kier molecular flexibility index (Phi) is 2.66. The van der Waals surface area contributed by atoms with Crippen LogP contribution in [0.4, 0.5) is 8.78 Å². The van der Waals surface area contributed by atoms with Gasteiger partial charge in [0.05, 0.1) is 5.60 Å². The lowest BCUT2D eigenvalue weighted by molar-refractivity contribution is 0.0809. The minimum Gasteiger partial charge on any atom is -0.390 e. The molecule has 0 amide bonds. The van der Waals surface area contributed by atoms with Crippen molar-refractivity contribution >= 4 is 0 Å². The van der Waals surface area contributed by atoms with Gasteiger partial charge in [0.1, 0.15) is 0 Å². The average molecular weight is 186 g/mol. The first-order valence-corrected chi connectivity index (χ1v) is 4.05. The summed E-state index contributed by atoms with van der Waals surface area (Å²) >= 11 is 0. The quantitative estimate of drug-likeness (QED) is 0.751. The van der Waals surface area contributed by atoms with Crippen LogP contribution < -0.4 is 0 Å². The monoisotopic (exact) mass is 186 g/mol. The molecule has 0 bridgehead atoms. The van der Waals surface area contributed by atoms with Crippen molar-refractivity contribution in [2.45, 2.75) is 25.9 Å². The molecule has 1 nitrogen and oxygen atoms in total. The van der Waals surface area contributed by atoms with Gasteiger partial charge < -0.3 is 5.11 Å². The Bertz CT molecular complexity index is 302. The molecule has 1 aromatic carbocycles. The molecule has 0 spiro atoms. The average Bonchev–Trinajstić information content (AvgIpc) is 1.94. The summed E-state index contributed by atoms with van der Waals surface area (Å²) in [5, 5.41) is 9.42. The molecule has 13 heavy (non-hydrogen) atoms. The third-order valence-electron chi connectivity index (χ3n) is 1.62. The van der Waals surface area contributed by atoms with Crippen LogP contribution in [-0.4, -0.2) is 10.7 Å². The van der Waals surface area contributed by atoms with Gasteiger partial charge in [-0.05, 0) is 31.5 Å². The summed E-state index contributed by atoms with van der Waals surface area (Å²) in [6.45, 7) is 3.24. The van der Waals surface area contributed by atoms with Crippen LogP contribution in [0.15, 0.2) is 18.2 Å². The molecule has 0 heterocycles. The van der Waals surface area contributed by atoms with E-state index in [2.05, 4.69) is 0 Å². The van der Waals surface area contributed by atoms with Crippen LogP contribution in [0.5, 0.6) is 0 Å². The molecular weight excluding hydrogens is 174 g/mol. The third-order valence-corrected chi connectivity index (χ3v) is 1.62. The lowest BCUT2D eigenvalue weighted by atomic mass is 9.99. The van der Waals surface area contributed by atoms with E-state index in [-0.39, 0.29) is 0 Å². The molecule has 1 N–H and O–H groups in total. The molecule has 0 fully saturated rings. The van der Waals surface area contributed by atoms with Crippen molar-refractivity contribution in [3.8, 4) is 0 Å². The van der Waals surface area contributed by atoms with Crippen molar-refractivity contribution in [2.24, 2.45) is 0 Å². The lowest BCUT2D eigenvalue weighted by Gasteiger charge is -2.16. The van der Waals surface area contributed by atoms with Crippen molar-refractivity contribution < 1.29 is 13.9 Å². The number of hydrogen-bond donors (Lipinski definition) is 1. The predicted molar refractivity (Wildman–Crippen MR) is 46.4 cm³/mol. The second kappa shape index (κ2) is 3.42. The smallest absolute Gasteiger partial charge is 0.159 e. The highest BCUT2D eigenvalue weighted by Crippen LogP contribution is 2.14. The van der Waals surface area contributed by atoms with E-state index in [4.69, 9.17) is 0 Å². The molecule has 0 aliphatic heterocycles. The van der Waals surface area contributed by atoms with Gasteiger partial charge in [0.25, 0.3) is 0 Å². The normalized spacial score (nSPS) is 11.8. The highest BCUT2D eigenvalue weighted by Gasteiger charge is 2.14. The number of halogens is 2. The number of rotatable bonds is 2. The Morgan fingerprint density at radius 3 is 2.31 bits per heavy atom. The molecule has 0 saturated heterocycles. The zero-order valence-corrected chi connectivity index (χ0v) is 7.64. The van der Waals surface area contributed by atoms with Gasteiger partial charge in [-0.1, -0.05) is 6.07 Å². The Balaban J connectivity index is 2.86. The van der Waals surface area contributed by atoms with E-state index in [0.717, 1.165) is 12.1 Å². The van der Waals surface area contributed by atoms with Crippen molar-refractivity contribution in [3.63, 3.8) is 0 Å². The van der Waals surface area contributed by atoms with E-state index < -0.39 is 17.2 Å². The standard InChI is InChI=1S/C10H12F2O/c1-10(2,13)6-7-3-4-8(11)9(12)5-7/h3-5,13H,6H2,1-2H3. The van der Waals surface area contributed by atoms with Crippen molar-refractivity contribution in [3.05, 3.63) is 35.4 Å². The van der Waals surface area contributed by atoms with Gasteiger partial charge in [0.2, 0.25) is 0 Å². The van der Waals surface area contributed by atoms with E-state index in [1.54, 1.807) is 13.8 Å². The Morgan fingerprint density at radius 1 is 1.23 bits per heavy atom. The van der Waals surface area contributed by atoms with Crippen LogP contribution in [0.25, 0.3) is 0 Å². The van der Waals surface area contributed by atoms with Crippen molar-refractivity contribution in [1.82, 2.24) is 0 Å². The fourth-order valence-electron chi connectivity index (χ4n) is 1.15. The maximum atomic E-state index is 12.7. The summed E-state index contributed by atoms with van der Waals surface area (Å²) in [6, 6.07) is 3.64. The molecule has 0 aromatic heterocycles. The molecule has 0 atom stereocenters. The molecule has 1 rings (SSSR count). The largest absolute Gasteiger partial charge is 0.390 e. The number of benzene rings is 1. The van der Waals surface area contributed by atoms with Crippen LogP contribution in [0.1, 0.15) is 19.4 Å². The molecule has 3 heteroatoms. The maximum Gasteiger partial charge on any atom is 0.159 e. The second-order valence-electron chi connectivity index (χ2n) is 3.74. The predicted octanol–water partition coefficient (Wildman–Crippen LogP) is 2.28. The van der Waals surface area contributed by atoms with Gasteiger partial charge >= 0.3 is 0 Å². The number of hydrogen-bond acceptors (Lipinski definition) is 1. The van der Waals surface area contributed by atoms with E-state index in [0.29, 0.717) is 12.0 Å². The van der Waals surface area contributed by atoms with Gasteiger partial charge in [0, 0.05) is 6.42 Å². The van der Waals surface area contributed by atoms with Gasteiger partial charge in [-0.15, -0.1) is 0 Å². The summed E-state index contributed by atoms with van der Waals surface area (Å²) in [4.78, 5) is 0. The van der Waals surface area contributed by atoms with Gasteiger partial charge in [0.15, 0.2) is 11.6 Å². The number of aliphatic hydroxyl groups is 1. The summed E-state index contributed by atoms with van der Waals surface area (Å²) in [5.74, 6) is -1.73. The summed E-state index contributed by atoms with van der Waals surface area (Å²) in [6.07, 6.45) is 0.310. The van der Waals surface area contributed by atoms with Crippen LogP contribution in [0, 0.1) is 11.6 Å². The molecule has 0 unspecified atom stereocenters. The molecular formula is C10H12F2O. The topological polar surface area (TPSA) is 20.2 Å². The minimum atomic E-state index is -0.899. The third kappa shape index (κ3) is 3.11. The summed E-state index contributed by atoms with van der Waals surface area (Å²) in [5.41, 5.74) is -0.309. The molecule has 0 aliphatic rings. The molecule has 1 aromatic rings. The molecule has 0 radical (unpaired) electrons. The molecule has 0 saturated carbocycles. The first-order chi connectivity index (χ1) is 5.88. The van der Waals surface area contributed by atoms with E-state index >= 15 is 0 Å². The molecule has 72 valence electrons. The fourth-order valence-corrected chi connectivity index (χ4v) is 1.15. The van der Waals surface area contributed by atoms with Crippen LogP contribution in [0.2, 0.25) is 0 Å². The zero-order chi connectivity index (χ0) is 10.1. The van der Waals surface area contributed by atoms with Gasteiger partial charge in [-0.3, -0.25) is 0 Å².